The minimum atomic E-state index is 0.854. The smallest absolute Gasteiger partial charge is 0.0931 e. The second-order valence-electron chi connectivity index (χ2n) is 5.36. The van der Waals surface area contributed by atoms with Gasteiger partial charge >= 0.3 is 0 Å². The molecule has 0 aliphatic carbocycles. The highest BCUT2D eigenvalue weighted by molar-refractivity contribution is 7.16. The highest BCUT2D eigenvalue weighted by atomic mass is 35.5. The van der Waals surface area contributed by atoms with E-state index in [-0.39, 0.29) is 0 Å². The van der Waals surface area contributed by atoms with Crippen LogP contribution < -0.4 is 10.2 Å². The number of rotatable bonds is 7. The average molecular weight is 323 g/mol. The summed E-state index contributed by atoms with van der Waals surface area (Å²) in [7, 11) is 2.13. The van der Waals surface area contributed by atoms with Crippen molar-refractivity contribution in [2.45, 2.75) is 33.4 Å². The van der Waals surface area contributed by atoms with Crippen LogP contribution in [0.4, 0.5) is 5.69 Å². The second-order valence-corrected chi connectivity index (χ2v) is 7.16. The molecular formula is C17H23ClN2S. The first-order valence-corrected chi connectivity index (χ1v) is 8.55. The van der Waals surface area contributed by atoms with Crippen LogP contribution >= 0.6 is 22.9 Å². The van der Waals surface area contributed by atoms with E-state index in [0.29, 0.717) is 0 Å². The quantitative estimate of drug-likeness (QED) is 0.733. The molecule has 1 heterocycles. The molecule has 0 saturated heterocycles. The molecular weight excluding hydrogens is 300 g/mol. The van der Waals surface area contributed by atoms with E-state index in [1.807, 2.05) is 6.07 Å². The largest absolute Gasteiger partial charge is 0.369 e. The van der Waals surface area contributed by atoms with Crippen LogP contribution in [0.15, 0.2) is 30.3 Å². The minimum absolute atomic E-state index is 0.854. The molecule has 4 heteroatoms. The summed E-state index contributed by atoms with van der Waals surface area (Å²) in [6, 6.07) is 10.8. The zero-order valence-electron chi connectivity index (χ0n) is 12.9. The summed E-state index contributed by atoms with van der Waals surface area (Å²) in [6.07, 6.45) is 1.17. The molecule has 1 aromatic carbocycles. The van der Waals surface area contributed by atoms with Gasteiger partial charge < -0.3 is 10.2 Å². The zero-order valence-corrected chi connectivity index (χ0v) is 14.5. The minimum Gasteiger partial charge on any atom is -0.369 e. The Morgan fingerprint density at radius 3 is 2.67 bits per heavy atom. The van der Waals surface area contributed by atoms with Crippen molar-refractivity contribution in [1.82, 2.24) is 5.32 Å². The van der Waals surface area contributed by atoms with Crippen LogP contribution in [0, 0.1) is 6.92 Å². The number of hydrogen-bond acceptors (Lipinski definition) is 3. The molecule has 0 fully saturated rings. The number of nitrogens with zero attached hydrogens (tertiary/aromatic N) is 1. The van der Waals surface area contributed by atoms with Gasteiger partial charge in [-0.15, -0.1) is 11.3 Å². The molecule has 0 atom stereocenters. The molecule has 2 rings (SSSR count). The van der Waals surface area contributed by atoms with Gasteiger partial charge in [-0.1, -0.05) is 30.7 Å². The average Bonchev–Trinajstić information content (AvgIpc) is 2.84. The fraction of sp³-hybridized carbons (Fsp3) is 0.412. The lowest BCUT2D eigenvalue weighted by Gasteiger charge is -2.21. The Hall–Kier alpha value is -1.03. The van der Waals surface area contributed by atoms with Gasteiger partial charge in [-0.05, 0) is 49.2 Å². The van der Waals surface area contributed by atoms with Crippen molar-refractivity contribution in [1.29, 1.82) is 0 Å². The van der Waals surface area contributed by atoms with E-state index < -0.39 is 0 Å². The molecule has 2 aromatic rings. The monoisotopic (exact) mass is 322 g/mol. The van der Waals surface area contributed by atoms with Crippen LogP contribution in [0.3, 0.4) is 0 Å². The number of benzene rings is 1. The van der Waals surface area contributed by atoms with E-state index in [2.05, 4.69) is 55.4 Å². The van der Waals surface area contributed by atoms with Gasteiger partial charge in [0, 0.05) is 24.2 Å². The first-order valence-electron chi connectivity index (χ1n) is 7.35. The summed E-state index contributed by atoms with van der Waals surface area (Å²) in [5.74, 6) is 0. The molecule has 114 valence electrons. The third-order valence-corrected chi connectivity index (χ3v) is 4.67. The maximum atomic E-state index is 6.00. The number of hydrogen-bond donors (Lipinski definition) is 1. The Labute approximate surface area is 136 Å². The van der Waals surface area contributed by atoms with Crippen molar-refractivity contribution in [2.24, 2.45) is 0 Å². The van der Waals surface area contributed by atoms with Crippen molar-refractivity contribution in [3.63, 3.8) is 0 Å². The van der Waals surface area contributed by atoms with Gasteiger partial charge in [-0.2, -0.15) is 0 Å². The highest BCUT2D eigenvalue weighted by Crippen LogP contribution is 2.26. The van der Waals surface area contributed by atoms with Crippen LogP contribution in [-0.2, 0) is 13.1 Å². The van der Waals surface area contributed by atoms with Crippen molar-refractivity contribution in [3.05, 3.63) is 50.7 Å². The molecule has 0 saturated carbocycles. The summed E-state index contributed by atoms with van der Waals surface area (Å²) in [5, 5.41) is 3.44. The van der Waals surface area contributed by atoms with Crippen molar-refractivity contribution in [2.75, 3.05) is 18.5 Å². The van der Waals surface area contributed by atoms with E-state index in [4.69, 9.17) is 11.6 Å². The second kappa shape index (κ2) is 7.83. The normalized spacial score (nSPS) is 10.9. The summed E-state index contributed by atoms with van der Waals surface area (Å²) in [5.41, 5.74) is 3.94. The SMILES string of the molecule is CCCNCc1ccc(N(C)Cc2ccc(Cl)s2)c(C)c1. The van der Waals surface area contributed by atoms with Gasteiger partial charge in [0.15, 0.2) is 0 Å². The van der Waals surface area contributed by atoms with Crippen LogP contribution in [0.1, 0.15) is 29.3 Å². The molecule has 0 aliphatic rings. The molecule has 0 aliphatic heterocycles. The standard InChI is InChI=1S/C17H23ClN2S/c1-4-9-19-11-14-5-7-16(13(2)10-14)20(3)12-15-6-8-17(18)21-15/h5-8,10,19H,4,9,11-12H2,1-3H3. The molecule has 0 radical (unpaired) electrons. The lowest BCUT2D eigenvalue weighted by molar-refractivity contribution is 0.675. The molecule has 21 heavy (non-hydrogen) atoms. The van der Waals surface area contributed by atoms with E-state index in [1.54, 1.807) is 11.3 Å². The maximum absolute atomic E-state index is 6.00. The molecule has 1 aromatic heterocycles. The third-order valence-electron chi connectivity index (χ3n) is 3.45. The van der Waals surface area contributed by atoms with Crippen LogP contribution in [0.5, 0.6) is 0 Å². The van der Waals surface area contributed by atoms with Gasteiger partial charge in [0.25, 0.3) is 0 Å². The van der Waals surface area contributed by atoms with Gasteiger partial charge in [-0.3, -0.25) is 0 Å². The van der Waals surface area contributed by atoms with E-state index in [9.17, 15) is 0 Å². The molecule has 0 amide bonds. The maximum Gasteiger partial charge on any atom is 0.0931 e. The third kappa shape index (κ3) is 4.73. The zero-order chi connectivity index (χ0) is 15.2. The van der Waals surface area contributed by atoms with Crippen molar-refractivity contribution >= 4 is 28.6 Å². The first kappa shape index (κ1) is 16.3. The van der Waals surface area contributed by atoms with Crippen LogP contribution in [0.2, 0.25) is 4.34 Å². The van der Waals surface area contributed by atoms with Gasteiger partial charge in [0.2, 0.25) is 0 Å². The lowest BCUT2D eigenvalue weighted by atomic mass is 10.1. The van der Waals surface area contributed by atoms with Gasteiger partial charge in [0.1, 0.15) is 0 Å². The summed E-state index contributed by atoms with van der Waals surface area (Å²) >= 11 is 7.64. The Morgan fingerprint density at radius 2 is 2.05 bits per heavy atom. The fourth-order valence-electron chi connectivity index (χ4n) is 2.42. The van der Waals surface area contributed by atoms with Crippen LogP contribution in [-0.4, -0.2) is 13.6 Å². The van der Waals surface area contributed by atoms with Gasteiger partial charge in [0.05, 0.1) is 10.9 Å². The summed E-state index contributed by atoms with van der Waals surface area (Å²) in [4.78, 5) is 3.57. The van der Waals surface area contributed by atoms with E-state index in [1.165, 1.54) is 28.1 Å². The number of anilines is 1. The van der Waals surface area contributed by atoms with Crippen molar-refractivity contribution in [3.8, 4) is 0 Å². The number of thiophene rings is 1. The predicted molar refractivity (Wildman–Crippen MR) is 94.6 cm³/mol. The number of aryl methyl sites for hydroxylation is 1. The lowest BCUT2D eigenvalue weighted by Crippen LogP contribution is -2.17. The van der Waals surface area contributed by atoms with Gasteiger partial charge in [-0.25, -0.2) is 0 Å². The fourth-order valence-corrected chi connectivity index (χ4v) is 3.56. The van der Waals surface area contributed by atoms with E-state index >= 15 is 0 Å². The predicted octanol–water partition coefficient (Wildman–Crippen LogP) is 4.85. The number of nitrogens with one attached hydrogen (secondary N) is 1. The molecule has 0 spiro atoms. The summed E-state index contributed by atoms with van der Waals surface area (Å²) in [6.45, 7) is 7.27. The molecule has 2 nitrogen and oxygen atoms in total. The Morgan fingerprint density at radius 1 is 1.24 bits per heavy atom. The molecule has 0 unspecified atom stereocenters. The molecule has 0 bridgehead atoms. The first-order chi connectivity index (χ1) is 10.1. The molecule has 1 N–H and O–H groups in total. The summed E-state index contributed by atoms with van der Waals surface area (Å²) < 4.78 is 0.854. The highest BCUT2D eigenvalue weighted by Gasteiger charge is 2.08. The number of halogens is 1. The Balaban J connectivity index is 2.02. The van der Waals surface area contributed by atoms with Crippen LogP contribution in [0.25, 0.3) is 0 Å². The Bertz CT molecular complexity index is 580. The van der Waals surface area contributed by atoms with Crippen molar-refractivity contribution < 1.29 is 0 Å². The Kier molecular flexibility index (Phi) is 6.09. The topological polar surface area (TPSA) is 15.3 Å². The van der Waals surface area contributed by atoms with E-state index in [0.717, 1.165) is 24.0 Å².